The molecular formula is C28H34N8. The number of fused-ring (bicyclic) bond motifs is 1. The van der Waals surface area contributed by atoms with E-state index in [0.29, 0.717) is 11.7 Å². The van der Waals surface area contributed by atoms with Gasteiger partial charge in [0, 0.05) is 37.7 Å². The molecule has 0 saturated heterocycles. The number of aromatic amines is 1. The molecule has 1 saturated carbocycles. The molecule has 0 bridgehead atoms. The fourth-order valence-corrected chi connectivity index (χ4v) is 5.30. The minimum Gasteiger partial charge on any atom is -0.342 e. The van der Waals surface area contributed by atoms with Crippen molar-refractivity contribution < 1.29 is 0 Å². The second-order valence-corrected chi connectivity index (χ2v) is 10.4. The highest BCUT2D eigenvalue weighted by Gasteiger charge is 2.32. The van der Waals surface area contributed by atoms with Crippen LogP contribution in [0.1, 0.15) is 56.6 Å². The summed E-state index contributed by atoms with van der Waals surface area (Å²) in [5.41, 5.74) is 5.85. The Hall–Kier alpha value is -3.52. The van der Waals surface area contributed by atoms with Crippen LogP contribution in [-0.4, -0.2) is 54.8 Å². The molecular weight excluding hydrogens is 448 g/mol. The number of anilines is 1. The van der Waals surface area contributed by atoms with E-state index in [1.165, 1.54) is 42.3 Å². The molecule has 4 aromatic rings. The number of imidazole rings is 1. The molecule has 186 valence electrons. The van der Waals surface area contributed by atoms with Crippen LogP contribution in [0.15, 0.2) is 48.5 Å². The van der Waals surface area contributed by atoms with Crippen molar-refractivity contribution in [1.29, 1.82) is 0 Å². The third-order valence-electron chi connectivity index (χ3n) is 7.35. The van der Waals surface area contributed by atoms with Gasteiger partial charge in [0.25, 0.3) is 0 Å². The lowest BCUT2D eigenvalue weighted by atomic mass is 9.98. The maximum absolute atomic E-state index is 5.17. The summed E-state index contributed by atoms with van der Waals surface area (Å²) in [5.74, 6) is 4.22. The van der Waals surface area contributed by atoms with E-state index in [9.17, 15) is 0 Å². The molecule has 1 aliphatic carbocycles. The Morgan fingerprint density at radius 2 is 1.81 bits per heavy atom. The number of hydrogen-bond acceptors (Lipinski definition) is 6. The van der Waals surface area contributed by atoms with E-state index in [-0.39, 0.29) is 0 Å². The van der Waals surface area contributed by atoms with Crippen LogP contribution in [0.2, 0.25) is 0 Å². The summed E-state index contributed by atoms with van der Waals surface area (Å²) >= 11 is 0. The Bertz CT molecular complexity index is 1320. The van der Waals surface area contributed by atoms with Crippen LogP contribution in [0.3, 0.4) is 0 Å². The molecule has 0 atom stereocenters. The van der Waals surface area contributed by atoms with Crippen molar-refractivity contribution in [3.8, 4) is 22.5 Å². The third-order valence-corrected chi connectivity index (χ3v) is 7.35. The van der Waals surface area contributed by atoms with Crippen molar-refractivity contribution in [3.05, 3.63) is 65.6 Å². The summed E-state index contributed by atoms with van der Waals surface area (Å²) in [6.45, 7) is 11.7. The molecule has 3 heterocycles. The lowest BCUT2D eigenvalue weighted by Gasteiger charge is -2.36. The van der Waals surface area contributed by atoms with Gasteiger partial charge in [-0.3, -0.25) is 4.90 Å². The van der Waals surface area contributed by atoms with Crippen molar-refractivity contribution in [2.75, 3.05) is 24.7 Å². The first-order valence-electron chi connectivity index (χ1n) is 13.1. The van der Waals surface area contributed by atoms with E-state index in [1.54, 1.807) is 0 Å². The number of nitrogens with zero attached hydrogens (tertiary/aromatic N) is 7. The van der Waals surface area contributed by atoms with Gasteiger partial charge in [-0.2, -0.15) is 5.21 Å². The van der Waals surface area contributed by atoms with E-state index in [0.717, 1.165) is 48.9 Å². The van der Waals surface area contributed by atoms with Crippen molar-refractivity contribution in [1.82, 2.24) is 35.1 Å². The highest BCUT2D eigenvalue weighted by atomic mass is 15.5. The molecule has 1 aliphatic heterocycles. The Morgan fingerprint density at radius 3 is 2.47 bits per heavy atom. The average molecular weight is 483 g/mol. The average Bonchev–Trinajstić information content (AvgIpc) is 3.39. The minimum absolute atomic E-state index is 0.368. The number of nitrogens with one attached hydrogen (secondary N) is 1. The van der Waals surface area contributed by atoms with Crippen LogP contribution in [0.25, 0.3) is 22.5 Å². The van der Waals surface area contributed by atoms with E-state index in [4.69, 9.17) is 4.98 Å². The number of H-pyrrole nitrogens is 1. The summed E-state index contributed by atoms with van der Waals surface area (Å²) in [6.07, 6.45) is 2.77. The highest BCUT2D eigenvalue weighted by Crippen LogP contribution is 2.35. The number of benzene rings is 2. The smallest absolute Gasteiger partial charge is 0.205 e. The van der Waals surface area contributed by atoms with Crippen LogP contribution in [0.4, 0.5) is 5.82 Å². The van der Waals surface area contributed by atoms with Crippen molar-refractivity contribution in [3.63, 3.8) is 0 Å². The second kappa shape index (κ2) is 9.50. The summed E-state index contributed by atoms with van der Waals surface area (Å²) in [7, 11) is 0. The van der Waals surface area contributed by atoms with Crippen LogP contribution in [-0.2, 0) is 13.1 Å². The summed E-state index contributed by atoms with van der Waals surface area (Å²) in [4.78, 5) is 10.2. The van der Waals surface area contributed by atoms with E-state index in [1.807, 2.05) is 18.2 Å². The van der Waals surface area contributed by atoms with Crippen molar-refractivity contribution in [2.24, 2.45) is 5.92 Å². The SMILES string of the molecule is CCN1CN(CC2CC2)Cc2c1nc(C(C)C)n2Cc1ccc(-c2ccccc2-c2nn[nH]n2)cc1. The van der Waals surface area contributed by atoms with Gasteiger partial charge in [-0.15, -0.1) is 10.2 Å². The molecule has 6 rings (SSSR count). The Labute approximate surface area is 212 Å². The number of hydrogen-bond donors (Lipinski definition) is 1. The lowest BCUT2D eigenvalue weighted by molar-refractivity contribution is 0.235. The third kappa shape index (κ3) is 4.41. The maximum atomic E-state index is 5.17. The first-order chi connectivity index (χ1) is 17.6. The molecule has 2 aliphatic rings. The van der Waals surface area contributed by atoms with E-state index in [2.05, 4.69) is 86.1 Å². The molecule has 0 radical (unpaired) electrons. The molecule has 8 nitrogen and oxygen atoms in total. The zero-order chi connectivity index (χ0) is 24.6. The van der Waals surface area contributed by atoms with Gasteiger partial charge >= 0.3 is 0 Å². The van der Waals surface area contributed by atoms with Gasteiger partial charge in [0.2, 0.25) is 5.82 Å². The van der Waals surface area contributed by atoms with Gasteiger partial charge in [-0.05, 0) is 47.6 Å². The van der Waals surface area contributed by atoms with Gasteiger partial charge in [-0.25, -0.2) is 4.98 Å². The van der Waals surface area contributed by atoms with Crippen molar-refractivity contribution in [2.45, 2.75) is 52.6 Å². The zero-order valence-electron chi connectivity index (χ0n) is 21.4. The largest absolute Gasteiger partial charge is 0.342 e. The minimum atomic E-state index is 0.368. The Morgan fingerprint density at radius 1 is 1.03 bits per heavy atom. The maximum Gasteiger partial charge on any atom is 0.205 e. The number of aromatic nitrogens is 6. The number of rotatable bonds is 8. The van der Waals surface area contributed by atoms with Gasteiger partial charge in [0.15, 0.2) is 5.82 Å². The normalized spacial score (nSPS) is 16.1. The molecule has 36 heavy (non-hydrogen) atoms. The van der Waals surface area contributed by atoms with Gasteiger partial charge in [0.1, 0.15) is 5.82 Å². The Balaban J connectivity index is 1.31. The fraction of sp³-hybridized carbons (Fsp3) is 0.429. The van der Waals surface area contributed by atoms with E-state index >= 15 is 0 Å². The predicted molar refractivity (Wildman–Crippen MR) is 141 cm³/mol. The topological polar surface area (TPSA) is 78.8 Å². The molecule has 0 amide bonds. The van der Waals surface area contributed by atoms with Crippen LogP contribution >= 0.6 is 0 Å². The van der Waals surface area contributed by atoms with E-state index < -0.39 is 0 Å². The molecule has 2 aromatic carbocycles. The standard InChI is InChI=1S/C28H34N8/c1-4-35-18-34(15-20-9-10-20)17-25-28(35)29-27(19(2)3)36(25)16-21-11-13-22(14-12-21)23-7-5-6-8-24(23)26-30-32-33-31-26/h5-8,11-14,19-20H,4,9-10,15-18H2,1-3H3,(H,30,31,32,33). The lowest BCUT2D eigenvalue weighted by Crippen LogP contribution is -2.43. The summed E-state index contributed by atoms with van der Waals surface area (Å²) in [6, 6.07) is 17.1. The monoisotopic (exact) mass is 482 g/mol. The molecule has 1 fully saturated rings. The van der Waals surface area contributed by atoms with Gasteiger partial charge in [0.05, 0.1) is 12.4 Å². The molecule has 2 aromatic heterocycles. The quantitative estimate of drug-likeness (QED) is 0.384. The van der Waals surface area contributed by atoms with Gasteiger partial charge < -0.3 is 9.47 Å². The summed E-state index contributed by atoms with van der Waals surface area (Å²) < 4.78 is 2.48. The molecule has 0 unspecified atom stereocenters. The molecule has 8 heteroatoms. The second-order valence-electron chi connectivity index (χ2n) is 10.4. The van der Waals surface area contributed by atoms with Crippen molar-refractivity contribution >= 4 is 5.82 Å². The molecule has 0 spiro atoms. The molecule has 1 N–H and O–H groups in total. The first kappa shape index (κ1) is 22.9. The Kier molecular flexibility index (Phi) is 6.05. The predicted octanol–water partition coefficient (Wildman–Crippen LogP) is 4.91. The van der Waals surface area contributed by atoms with Crippen LogP contribution < -0.4 is 4.90 Å². The number of tetrazole rings is 1. The van der Waals surface area contributed by atoms with Crippen LogP contribution in [0.5, 0.6) is 0 Å². The fourth-order valence-electron chi connectivity index (χ4n) is 5.30. The zero-order valence-corrected chi connectivity index (χ0v) is 21.4. The van der Waals surface area contributed by atoms with Crippen LogP contribution in [0, 0.1) is 5.92 Å². The highest BCUT2D eigenvalue weighted by molar-refractivity contribution is 5.80. The van der Waals surface area contributed by atoms with Gasteiger partial charge in [-0.1, -0.05) is 62.4 Å². The summed E-state index contributed by atoms with van der Waals surface area (Å²) in [5, 5.41) is 14.7. The first-order valence-corrected chi connectivity index (χ1v) is 13.1.